The smallest absolute Gasteiger partial charge is 0.383 e. The highest BCUT2D eigenvalue weighted by atomic mass is 19.4. The Kier molecular flexibility index (Phi) is 6.26. The summed E-state index contributed by atoms with van der Waals surface area (Å²) in [5.74, 6) is -0.676. The molecule has 1 rings (SSSR count). The van der Waals surface area contributed by atoms with E-state index in [1.165, 1.54) is 0 Å². The molecule has 1 amide bonds. The van der Waals surface area contributed by atoms with Gasteiger partial charge in [0.15, 0.2) is 6.10 Å². The van der Waals surface area contributed by atoms with Crippen LogP contribution in [0.5, 0.6) is 0 Å². The molecule has 0 aliphatic carbocycles. The number of aliphatic hydroxyl groups excluding tert-OH is 1. The Morgan fingerprint density at radius 1 is 1.40 bits per heavy atom. The van der Waals surface area contributed by atoms with Crippen molar-refractivity contribution in [1.29, 1.82) is 0 Å². The molecular weight excluding hydrogens is 273 g/mol. The normalized spacial score (nSPS) is 19.9. The summed E-state index contributed by atoms with van der Waals surface area (Å²) in [7, 11) is 1.73. The number of amides is 1. The fourth-order valence-corrected chi connectivity index (χ4v) is 2.38. The quantitative estimate of drug-likeness (QED) is 0.836. The third-order valence-electron chi connectivity index (χ3n) is 3.96. The lowest BCUT2D eigenvalue weighted by Crippen LogP contribution is -2.44. The molecule has 0 radical (unpaired) electrons. The zero-order valence-corrected chi connectivity index (χ0v) is 12.0. The number of nitrogens with zero attached hydrogens (tertiary/aromatic N) is 2. The van der Waals surface area contributed by atoms with Gasteiger partial charge in [0.05, 0.1) is 0 Å². The highest BCUT2D eigenvalue weighted by Crippen LogP contribution is 2.31. The molecule has 1 unspecified atom stereocenters. The van der Waals surface area contributed by atoms with Crippen LogP contribution in [0.4, 0.5) is 13.2 Å². The van der Waals surface area contributed by atoms with Crippen LogP contribution in [0.15, 0.2) is 0 Å². The summed E-state index contributed by atoms with van der Waals surface area (Å²) in [6.45, 7) is 4.11. The summed E-state index contributed by atoms with van der Waals surface area (Å²) >= 11 is 0. The second-order valence-electron chi connectivity index (χ2n) is 5.32. The minimum absolute atomic E-state index is 0.0462. The van der Waals surface area contributed by atoms with Gasteiger partial charge in [-0.1, -0.05) is 0 Å². The van der Waals surface area contributed by atoms with Crippen molar-refractivity contribution in [2.45, 2.75) is 38.5 Å². The summed E-state index contributed by atoms with van der Waals surface area (Å²) in [6.07, 6.45) is -5.74. The Balaban J connectivity index is 2.31. The molecule has 0 aromatic rings. The van der Waals surface area contributed by atoms with Gasteiger partial charge in [0.1, 0.15) is 0 Å². The van der Waals surface area contributed by atoms with E-state index in [0.717, 1.165) is 0 Å². The van der Waals surface area contributed by atoms with Crippen LogP contribution < -0.4 is 0 Å². The summed E-state index contributed by atoms with van der Waals surface area (Å²) in [6, 6.07) is 0. The highest BCUT2D eigenvalue weighted by molar-refractivity contribution is 5.75. The first-order valence-corrected chi connectivity index (χ1v) is 6.96. The second-order valence-corrected chi connectivity index (χ2v) is 5.32. The Labute approximate surface area is 117 Å². The van der Waals surface area contributed by atoms with Crippen LogP contribution in [-0.2, 0) is 4.79 Å². The number of piperidine rings is 1. The molecule has 0 aromatic carbocycles. The second kappa shape index (κ2) is 7.26. The minimum atomic E-state index is -4.54. The van der Waals surface area contributed by atoms with Crippen molar-refractivity contribution in [1.82, 2.24) is 9.80 Å². The molecule has 4 nitrogen and oxygen atoms in total. The molecule has 1 N–H and O–H groups in total. The predicted octanol–water partition coefficient (Wildman–Crippen LogP) is 1.49. The van der Waals surface area contributed by atoms with Gasteiger partial charge in [-0.05, 0) is 38.8 Å². The zero-order valence-electron chi connectivity index (χ0n) is 12.0. The first-order valence-electron chi connectivity index (χ1n) is 6.96. The van der Waals surface area contributed by atoms with E-state index >= 15 is 0 Å². The maximum atomic E-state index is 12.4. The van der Waals surface area contributed by atoms with Crippen LogP contribution in [0.3, 0.4) is 0 Å². The van der Waals surface area contributed by atoms with Gasteiger partial charge in [-0.25, -0.2) is 0 Å². The topological polar surface area (TPSA) is 43.8 Å². The summed E-state index contributed by atoms with van der Waals surface area (Å²) < 4.78 is 37.2. The van der Waals surface area contributed by atoms with Crippen molar-refractivity contribution < 1.29 is 23.1 Å². The SMILES string of the molecule is CCN(C)C(=O)CCN1CCC(C(O)C(F)(F)F)CC1. The van der Waals surface area contributed by atoms with Crippen molar-refractivity contribution in [3.8, 4) is 0 Å². The van der Waals surface area contributed by atoms with Gasteiger partial charge in [0.25, 0.3) is 0 Å². The number of carbonyl (C=O) groups is 1. The molecule has 0 bridgehead atoms. The minimum Gasteiger partial charge on any atom is -0.383 e. The van der Waals surface area contributed by atoms with E-state index in [-0.39, 0.29) is 5.91 Å². The predicted molar refractivity (Wildman–Crippen MR) is 69.2 cm³/mol. The largest absolute Gasteiger partial charge is 0.414 e. The molecule has 1 aliphatic rings. The van der Waals surface area contributed by atoms with E-state index in [4.69, 9.17) is 0 Å². The first kappa shape index (κ1) is 17.2. The van der Waals surface area contributed by atoms with E-state index in [0.29, 0.717) is 45.4 Å². The van der Waals surface area contributed by atoms with Crippen molar-refractivity contribution in [2.24, 2.45) is 5.92 Å². The molecule has 20 heavy (non-hydrogen) atoms. The molecule has 1 atom stereocenters. The lowest BCUT2D eigenvalue weighted by molar-refractivity contribution is -0.223. The number of likely N-dealkylation sites (tertiary alicyclic amines) is 1. The molecular formula is C13H23F3N2O2. The van der Waals surface area contributed by atoms with E-state index in [9.17, 15) is 23.1 Å². The van der Waals surface area contributed by atoms with Crippen LogP contribution in [0.1, 0.15) is 26.2 Å². The fraction of sp³-hybridized carbons (Fsp3) is 0.923. The van der Waals surface area contributed by atoms with Crippen molar-refractivity contribution in [3.63, 3.8) is 0 Å². The van der Waals surface area contributed by atoms with Crippen LogP contribution >= 0.6 is 0 Å². The number of carbonyl (C=O) groups excluding carboxylic acids is 1. The molecule has 1 heterocycles. The number of hydrogen-bond acceptors (Lipinski definition) is 3. The van der Waals surface area contributed by atoms with Gasteiger partial charge in [-0.15, -0.1) is 0 Å². The molecule has 1 fully saturated rings. The maximum absolute atomic E-state index is 12.4. The Morgan fingerprint density at radius 3 is 2.40 bits per heavy atom. The van der Waals surface area contributed by atoms with E-state index < -0.39 is 18.2 Å². The number of aliphatic hydroxyl groups is 1. The van der Waals surface area contributed by atoms with Gasteiger partial charge in [-0.3, -0.25) is 4.79 Å². The summed E-state index contributed by atoms with van der Waals surface area (Å²) in [5.41, 5.74) is 0. The van der Waals surface area contributed by atoms with Crippen molar-refractivity contribution in [2.75, 3.05) is 33.2 Å². The van der Waals surface area contributed by atoms with Gasteiger partial charge in [0.2, 0.25) is 5.91 Å². The van der Waals surface area contributed by atoms with E-state index in [1.807, 2.05) is 11.8 Å². The third-order valence-corrected chi connectivity index (χ3v) is 3.96. The number of rotatable bonds is 5. The first-order chi connectivity index (χ1) is 9.25. The van der Waals surface area contributed by atoms with Crippen LogP contribution in [0.25, 0.3) is 0 Å². The molecule has 118 valence electrons. The number of halogens is 3. The fourth-order valence-electron chi connectivity index (χ4n) is 2.38. The Hall–Kier alpha value is -0.820. The molecule has 7 heteroatoms. The van der Waals surface area contributed by atoms with Crippen molar-refractivity contribution >= 4 is 5.91 Å². The standard InChI is InChI=1S/C13H23F3N2O2/c1-3-17(2)11(19)6-9-18-7-4-10(5-8-18)12(20)13(14,15)16/h10,12,20H,3-9H2,1-2H3. The summed E-state index contributed by atoms with van der Waals surface area (Å²) in [4.78, 5) is 15.2. The van der Waals surface area contributed by atoms with Crippen LogP contribution in [0.2, 0.25) is 0 Å². The van der Waals surface area contributed by atoms with E-state index in [2.05, 4.69) is 0 Å². The Bertz CT molecular complexity index is 315. The molecule has 0 aromatic heterocycles. The lowest BCUT2D eigenvalue weighted by atomic mass is 9.91. The average Bonchev–Trinajstić information content (AvgIpc) is 2.42. The maximum Gasteiger partial charge on any atom is 0.414 e. The van der Waals surface area contributed by atoms with Crippen LogP contribution in [0, 0.1) is 5.92 Å². The summed E-state index contributed by atoms with van der Waals surface area (Å²) in [5, 5.41) is 9.22. The van der Waals surface area contributed by atoms with E-state index in [1.54, 1.807) is 11.9 Å². The molecule has 1 saturated heterocycles. The van der Waals surface area contributed by atoms with Gasteiger partial charge >= 0.3 is 6.18 Å². The van der Waals surface area contributed by atoms with Gasteiger partial charge < -0.3 is 14.9 Å². The van der Waals surface area contributed by atoms with Gasteiger partial charge in [0, 0.05) is 26.6 Å². The zero-order chi connectivity index (χ0) is 15.3. The van der Waals surface area contributed by atoms with Crippen LogP contribution in [-0.4, -0.2) is 66.3 Å². The average molecular weight is 296 g/mol. The van der Waals surface area contributed by atoms with Crippen molar-refractivity contribution in [3.05, 3.63) is 0 Å². The molecule has 0 spiro atoms. The number of alkyl halides is 3. The number of hydrogen-bond donors (Lipinski definition) is 1. The molecule has 1 aliphatic heterocycles. The lowest BCUT2D eigenvalue weighted by Gasteiger charge is -2.34. The third kappa shape index (κ3) is 4.94. The van der Waals surface area contributed by atoms with Gasteiger partial charge in [-0.2, -0.15) is 13.2 Å². The highest BCUT2D eigenvalue weighted by Gasteiger charge is 2.44. The Morgan fingerprint density at radius 2 is 1.95 bits per heavy atom. The molecule has 0 saturated carbocycles. The monoisotopic (exact) mass is 296 g/mol.